The van der Waals surface area contributed by atoms with Gasteiger partial charge in [0, 0.05) is 39.3 Å². The molecule has 0 bridgehead atoms. The predicted octanol–water partition coefficient (Wildman–Crippen LogP) is 18.1. The van der Waals surface area contributed by atoms with Crippen molar-refractivity contribution in [1.82, 2.24) is 0 Å². The van der Waals surface area contributed by atoms with Crippen LogP contribution in [-0.2, 0) is 80.3 Å². The average molecular weight is 1880 g/mol. The molecule has 1 aliphatic heterocycles. The molecule has 123 heavy (non-hydrogen) atoms. The number of hydrogen-bond acceptors (Lipinski definition) is 15. The van der Waals surface area contributed by atoms with Crippen LogP contribution in [-0.4, -0.2) is 59.3 Å². The molecule has 5 unspecified atom stereocenters. The van der Waals surface area contributed by atoms with Crippen LogP contribution in [0.1, 0.15) is 210 Å². The molecule has 1 heterocycles. The van der Waals surface area contributed by atoms with Gasteiger partial charge in [-0.15, -0.1) is 0 Å². The fourth-order valence-corrected chi connectivity index (χ4v) is 13.1. The Morgan fingerprint density at radius 3 is 0.911 bits per heavy atom. The van der Waals surface area contributed by atoms with Crippen molar-refractivity contribution >= 4 is 22.4 Å². The largest absolute Gasteiger partial charge is 1.00 e. The summed E-state index contributed by atoms with van der Waals surface area (Å²) in [5.74, 6) is 2.43. The van der Waals surface area contributed by atoms with E-state index < -0.39 is 24.4 Å². The van der Waals surface area contributed by atoms with Gasteiger partial charge in [-0.25, -0.2) is 0 Å². The van der Waals surface area contributed by atoms with Crippen LogP contribution >= 0.6 is 15.9 Å². The fraction of sp³-hybridized carbons (Fsp3) is 0.298. The van der Waals surface area contributed by atoms with Crippen LogP contribution < -0.4 is 122 Å². The Labute approximate surface area is 842 Å². The number of carbonyl (C=O) groups is 1. The average Bonchev–Trinajstić information content (AvgIpc) is 1.70. The van der Waals surface area contributed by atoms with Gasteiger partial charge in [0.15, 0.2) is 0 Å². The Bertz CT molecular complexity index is 4550. The number of phenolic OH excluding ortho intramolecular Hbond substituents is 4. The quantitative estimate of drug-likeness (QED) is 0.00362. The molecule has 0 saturated carbocycles. The van der Waals surface area contributed by atoms with E-state index in [1.807, 2.05) is 153 Å². The predicted molar refractivity (Wildman–Crippen MR) is 491 cm³/mol. The molecule has 0 aliphatic carbocycles. The van der Waals surface area contributed by atoms with Crippen molar-refractivity contribution in [1.29, 1.82) is 0 Å². The maximum absolute atomic E-state index is 10.6. The van der Waals surface area contributed by atoms with Gasteiger partial charge in [0.25, 0.3) is 6.47 Å². The maximum atomic E-state index is 10.6. The molecule has 12 aromatic carbocycles. The molecule has 1 fully saturated rings. The number of ether oxygens (including phenoxy) is 4. The summed E-state index contributed by atoms with van der Waals surface area (Å²) in [6, 6.07) is 98.6. The first-order valence-electron chi connectivity index (χ1n) is 40.0. The number of aliphatic hydroxyl groups is 4. The SMILES string of the molecule is C.C.C.CCCc1ccccc1.Cc1cc(OCc2ccccc2)cc(C(O)CBr)c1.Cc1cc(OCc2ccccc2)cc(C(O)CCCCc2ccccc2)c1.Cc1cc(OCc2ccccc2)cc(C2CO2)c1.O=CO[O-].Oc1cc(O)cc(C(O)CCCCc2ccccc2)c1.Oc1cc(O)cc(C(O)CCCCc2ccccc2)c1.[H-].[HH].[K+].[K+].[Pd]. The second kappa shape index (κ2) is 67.2. The molecular formula is C104H129BrK2O15Pd. The molecular weight excluding hydrogens is 1750 g/mol. The van der Waals surface area contributed by atoms with E-state index >= 15 is 0 Å². The number of hydrogen-bond donors (Lipinski definition) is 8. The van der Waals surface area contributed by atoms with Crippen LogP contribution in [0, 0.1) is 20.8 Å². The summed E-state index contributed by atoms with van der Waals surface area (Å²) >= 11 is 3.29. The Kier molecular flexibility index (Phi) is 62.2. The Morgan fingerprint density at radius 2 is 0.642 bits per heavy atom. The zero-order valence-corrected chi connectivity index (χ0v) is 79.3. The number of phenols is 4. The topological polar surface area (TPSA) is 251 Å². The number of aromatic hydroxyl groups is 4. The molecule has 0 spiro atoms. The van der Waals surface area contributed by atoms with Gasteiger partial charge in [-0.05, 0) is 229 Å². The van der Waals surface area contributed by atoms with E-state index in [1.54, 1.807) is 0 Å². The Balaban J connectivity index is 0. The fourth-order valence-electron chi connectivity index (χ4n) is 12.7. The summed E-state index contributed by atoms with van der Waals surface area (Å²) in [7, 11) is 0. The van der Waals surface area contributed by atoms with Gasteiger partial charge in [0.2, 0.25) is 0 Å². The van der Waals surface area contributed by atoms with Gasteiger partial charge in [-0.2, -0.15) is 0 Å². The van der Waals surface area contributed by atoms with Gasteiger partial charge < -0.3 is 71.4 Å². The van der Waals surface area contributed by atoms with Crippen LogP contribution in [0.2, 0.25) is 0 Å². The zero-order valence-electron chi connectivity index (χ0n) is 70.9. The molecule has 15 nitrogen and oxygen atoms in total. The second-order valence-corrected chi connectivity index (χ2v) is 29.4. The van der Waals surface area contributed by atoms with Crippen molar-refractivity contribution in [2.45, 2.75) is 190 Å². The van der Waals surface area contributed by atoms with E-state index in [0.29, 0.717) is 49.1 Å². The summed E-state index contributed by atoms with van der Waals surface area (Å²) in [6.45, 7) is 10.7. The van der Waals surface area contributed by atoms with Gasteiger partial charge in [-0.3, -0.25) is 4.79 Å². The number of halogens is 1. The molecule has 8 N–H and O–H groups in total. The first kappa shape index (κ1) is 114. The van der Waals surface area contributed by atoms with Crippen LogP contribution in [0.25, 0.3) is 0 Å². The molecule has 12 aromatic rings. The molecule has 1 aliphatic rings. The number of unbranched alkanes of at least 4 members (excludes halogenated alkanes) is 3. The van der Waals surface area contributed by atoms with Gasteiger partial charge in [0.05, 0.1) is 31.0 Å². The summed E-state index contributed by atoms with van der Waals surface area (Å²) in [4.78, 5) is 11.2. The van der Waals surface area contributed by atoms with Crippen LogP contribution in [0.5, 0.6) is 40.2 Å². The zero-order chi connectivity index (χ0) is 83.6. The minimum atomic E-state index is -0.649. The van der Waals surface area contributed by atoms with Gasteiger partial charge >= 0.3 is 103 Å². The van der Waals surface area contributed by atoms with E-state index in [2.05, 4.69) is 162 Å². The minimum Gasteiger partial charge on any atom is -1.00 e. The van der Waals surface area contributed by atoms with E-state index in [9.17, 15) is 40.9 Å². The number of carbonyl (C=O) groups excluding carboxylic acids is 1. The van der Waals surface area contributed by atoms with Crippen molar-refractivity contribution < 1.29 is 201 Å². The normalized spacial score (nSPS) is 11.9. The third-order valence-corrected chi connectivity index (χ3v) is 19.3. The molecule has 5 atom stereocenters. The summed E-state index contributed by atoms with van der Waals surface area (Å²) < 4.78 is 22.9. The van der Waals surface area contributed by atoms with Crippen LogP contribution in [0.15, 0.2) is 303 Å². The number of benzene rings is 12. The first-order chi connectivity index (χ1) is 56.8. The summed E-state index contributed by atoms with van der Waals surface area (Å²) in [5, 5.41) is 87.1. The van der Waals surface area contributed by atoms with Gasteiger partial charge in [-0.1, -0.05) is 301 Å². The van der Waals surface area contributed by atoms with Crippen LogP contribution in [0.4, 0.5) is 0 Å². The second-order valence-electron chi connectivity index (χ2n) is 28.8. The molecule has 0 radical (unpaired) electrons. The summed E-state index contributed by atoms with van der Waals surface area (Å²) in [5.41, 5.74) is 16.4. The summed E-state index contributed by atoms with van der Waals surface area (Å²) in [6.07, 6.45) is 11.5. The van der Waals surface area contributed by atoms with Crippen molar-refractivity contribution in [3.8, 4) is 40.2 Å². The van der Waals surface area contributed by atoms with Crippen molar-refractivity contribution in [3.05, 3.63) is 387 Å². The van der Waals surface area contributed by atoms with Gasteiger partial charge in [0.1, 0.15) is 66.2 Å². The number of alkyl halides is 1. The van der Waals surface area contributed by atoms with E-state index in [4.69, 9.17) is 29.0 Å². The molecule has 0 aromatic heterocycles. The first-order valence-corrected chi connectivity index (χ1v) is 41.2. The standard InChI is InChI=1S/C25H28O2.2C17H20O3.C16H17BrO2.C16H16O2.C9H12.CH2O3.3CH4.2K.Pd.H2.H/c1-20-16-23(18-24(17-20)27-19-22-13-6-3-7-14-22)25(26)15-9-8-12-21-10-4-2-5-11-21;2*18-15-10-14(11-16(19)12-15)17(20)9-5-4-8-13-6-2-1-3-7-13;1-12-7-14(16(18)10-17)9-15(8-12)19-11-13-5-3-2-4-6-13;1-12-7-14(16-11-18-16)9-15(8-12)17-10-13-5-3-2-4-6-13;1-2-6-9-7-4-3-5-8-9;2-1-4-3;;;;;;;;/h2-7,10-11,13-14,16-18,25-26H,8-9,12,15,19H2,1H3;2*1-3,6-7,10-12,17-20H,4-5,8-9H2;2-9,16,18H,10-11H2,1H3;2-9,16H,10-11H2,1H3;3-5,7-8H,2,6H2,1H3;1,3H;3*1H4;;;;1H;/q;;;;;;;;;;2*+1;;;-1/p-1. The van der Waals surface area contributed by atoms with Crippen molar-refractivity contribution in [2.75, 3.05) is 11.9 Å². The Morgan fingerprint density at radius 1 is 0.390 bits per heavy atom. The minimum absolute atomic E-state index is 0. The molecule has 1 saturated heterocycles. The molecule has 19 heteroatoms. The van der Waals surface area contributed by atoms with Crippen molar-refractivity contribution in [3.63, 3.8) is 0 Å². The Hall–Kier alpha value is -7.11. The van der Waals surface area contributed by atoms with E-state index in [-0.39, 0.29) is 184 Å². The third kappa shape index (κ3) is 48.4. The van der Waals surface area contributed by atoms with Crippen molar-refractivity contribution in [2.24, 2.45) is 0 Å². The number of aliphatic hydroxyl groups excluding tert-OH is 4. The third-order valence-electron chi connectivity index (χ3n) is 18.7. The maximum Gasteiger partial charge on any atom is 1.00 e. The molecule has 0 amide bonds. The van der Waals surface area contributed by atoms with E-state index in [1.165, 1.54) is 88.2 Å². The number of aryl methyl sites for hydroxylation is 7. The van der Waals surface area contributed by atoms with Crippen LogP contribution in [0.3, 0.4) is 0 Å². The molecule has 13 rings (SSSR count). The number of epoxide rings is 1. The monoisotopic (exact) mass is 1880 g/mol. The van der Waals surface area contributed by atoms with E-state index in [0.717, 1.165) is 121 Å². The number of rotatable bonds is 33. The smallest absolute Gasteiger partial charge is 1.00 e. The molecule has 654 valence electrons.